The van der Waals surface area contributed by atoms with E-state index >= 15 is 0 Å². The van der Waals surface area contributed by atoms with Crippen molar-refractivity contribution in [1.82, 2.24) is 21.3 Å². The van der Waals surface area contributed by atoms with Gasteiger partial charge in [0.2, 0.25) is 5.91 Å². The number of ether oxygens (including phenoxy) is 1. The van der Waals surface area contributed by atoms with Crippen LogP contribution in [0.25, 0.3) is 0 Å². The van der Waals surface area contributed by atoms with Gasteiger partial charge in [0.05, 0.1) is 18.3 Å². The Morgan fingerprint density at radius 1 is 1.42 bits per heavy atom. The highest BCUT2D eigenvalue weighted by molar-refractivity contribution is 5.81. The van der Waals surface area contributed by atoms with Gasteiger partial charge >= 0.3 is 0 Å². The summed E-state index contributed by atoms with van der Waals surface area (Å²) in [7, 11) is 0. The molecule has 2 atom stereocenters. The van der Waals surface area contributed by atoms with Crippen molar-refractivity contribution < 1.29 is 18.4 Å². The van der Waals surface area contributed by atoms with Gasteiger partial charge in [0.25, 0.3) is 0 Å². The summed E-state index contributed by atoms with van der Waals surface area (Å²) in [6.07, 6.45) is 0.536. The second-order valence-electron chi connectivity index (χ2n) is 6.61. The fraction of sp³-hybridized carbons (Fsp3) is 0.444. The molecule has 2 aromatic rings. The largest absolute Gasteiger partial charge is 0.489 e. The summed E-state index contributed by atoms with van der Waals surface area (Å²) in [5.41, 5.74) is 6.80. The number of para-hydroxylation sites is 1. The lowest BCUT2D eigenvalue weighted by atomic mass is 10.1. The first-order chi connectivity index (χ1) is 12.5. The van der Waals surface area contributed by atoms with Crippen LogP contribution >= 0.6 is 0 Å². The number of aromatic nitrogens is 1. The van der Waals surface area contributed by atoms with Gasteiger partial charge in [0.1, 0.15) is 12.6 Å². The van der Waals surface area contributed by atoms with Crippen molar-refractivity contribution in [2.24, 2.45) is 0 Å². The summed E-state index contributed by atoms with van der Waals surface area (Å²) in [5, 5.41) is 6.78. The third-order valence-corrected chi connectivity index (χ3v) is 4.18. The number of nitrogens with one attached hydrogen (secondary N) is 3. The quantitative estimate of drug-likeness (QED) is 0.697. The number of benzene rings is 1. The van der Waals surface area contributed by atoms with Crippen molar-refractivity contribution in [3.63, 3.8) is 0 Å². The Morgan fingerprint density at radius 2 is 2.23 bits per heavy atom. The minimum Gasteiger partial charge on any atom is -0.489 e. The fourth-order valence-corrected chi connectivity index (χ4v) is 2.64. The van der Waals surface area contributed by atoms with E-state index in [1.54, 1.807) is 18.2 Å². The summed E-state index contributed by atoms with van der Waals surface area (Å²) in [4.78, 5) is 12.3. The number of nitrogens with zero attached hydrogens (tertiary/aromatic N) is 1. The molecule has 0 saturated carbocycles. The van der Waals surface area contributed by atoms with E-state index < -0.39 is 11.9 Å². The molecular formula is C18H23FN4O3. The molecule has 7 nitrogen and oxygen atoms in total. The molecule has 2 heterocycles. The monoisotopic (exact) mass is 362 g/mol. The van der Waals surface area contributed by atoms with Crippen molar-refractivity contribution in [2.75, 3.05) is 6.61 Å². The lowest BCUT2D eigenvalue weighted by molar-refractivity contribution is -0.123. The molecule has 140 valence electrons. The highest BCUT2D eigenvalue weighted by atomic mass is 19.1. The number of carbonyl (C=O) groups excluding carboxylic acids is 1. The van der Waals surface area contributed by atoms with Gasteiger partial charge in [-0.3, -0.25) is 10.2 Å². The Kier molecular flexibility index (Phi) is 5.85. The highest BCUT2D eigenvalue weighted by Gasteiger charge is 2.29. The van der Waals surface area contributed by atoms with E-state index in [2.05, 4.69) is 21.3 Å². The van der Waals surface area contributed by atoms with Crippen LogP contribution in [0.2, 0.25) is 0 Å². The predicted octanol–water partition coefficient (Wildman–Crippen LogP) is 1.87. The predicted molar refractivity (Wildman–Crippen MR) is 92.8 cm³/mol. The van der Waals surface area contributed by atoms with E-state index in [-0.39, 0.29) is 36.8 Å². The maximum absolute atomic E-state index is 13.5. The second-order valence-corrected chi connectivity index (χ2v) is 6.61. The number of carbonyl (C=O) groups is 1. The zero-order valence-corrected chi connectivity index (χ0v) is 14.8. The molecule has 0 aliphatic carbocycles. The molecule has 1 aliphatic heterocycles. The molecule has 1 saturated heterocycles. The second kappa shape index (κ2) is 8.29. The van der Waals surface area contributed by atoms with E-state index in [1.165, 1.54) is 6.07 Å². The van der Waals surface area contributed by atoms with E-state index in [0.717, 1.165) is 5.69 Å². The third kappa shape index (κ3) is 4.59. The molecule has 3 N–H and O–H groups in total. The Bertz CT molecular complexity index is 750. The van der Waals surface area contributed by atoms with Crippen LogP contribution in [0.5, 0.6) is 5.75 Å². The average molecular weight is 362 g/mol. The minimum atomic E-state index is -0.402. The summed E-state index contributed by atoms with van der Waals surface area (Å²) in [6, 6.07) is 7.60. The Balaban J connectivity index is 1.42. The summed E-state index contributed by atoms with van der Waals surface area (Å²) in [5.74, 6) is 0.550. The standard InChI is InChI=1S/C18H23FN4O3/c1-11(2)15-8-13(26-23-15)9-20-18(24)16-7-12(21-22-16)10-25-17-6-4-3-5-14(17)19/h3-6,8,11-12,16,21-22H,7,9-10H2,1-2H3,(H,20,24). The number of hydrogen-bond donors (Lipinski definition) is 3. The molecule has 0 bridgehead atoms. The van der Waals surface area contributed by atoms with Crippen LogP contribution in [0.4, 0.5) is 4.39 Å². The number of hydrogen-bond acceptors (Lipinski definition) is 6. The highest BCUT2D eigenvalue weighted by Crippen LogP contribution is 2.17. The van der Waals surface area contributed by atoms with Crippen LogP contribution in [-0.4, -0.2) is 29.8 Å². The van der Waals surface area contributed by atoms with Crippen LogP contribution in [0.15, 0.2) is 34.9 Å². The van der Waals surface area contributed by atoms with Crippen LogP contribution in [-0.2, 0) is 11.3 Å². The number of halogens is 1. The van der Waals surface area contributed by atoms with E-state index in [0.29, 0.717) is 12.2 Å². The number of amides is 1. The summed E-state index contributed by atoms with van der Waals surface area (Å²) < 4.78 is 24.2. The molecule has 1 aliphatic rings. The summed E-state index contributed by atoms with van der Waals surface area (Å²) in [6.45, 7) is 4.60. The normalized spacial score (nSPS) is 19.7. The maximum atomic E-state index is 13.5. The van der Waals surface area contributed by atoms with Gasteiger partial charge in [-0.05, 0) is 24.5 Å². The molecule has 26 heavy (non-hydrogen) atoms. The first-order valence-electron chi connectivity index (χ1n) is 8.64. The smallest absolute Gasteiger partial charge is 0.238 e. The average Bonchev–Trinajstić information content (AvgIpc) is 3.28. The fourth-order valence-electron chi connectivity index (χ4n) is 2.64. The van der Waals surface area contributed by atoms with Crippen molar-refractivity contribution >= 4 is 5.91 Å². The molecule has 1 fully saturated rings. The molecule has 1 aromatic carbocycles. The summed E-state index contributed by atoms with van der Waals surface area (Å²) >= 11 is 0. The van der Waals surface area contributed by atoms with Crippen molar-refractivity contribution in [2.45, 2.75) is 44.8 Å². The van der Waals surface area contributed by atoms with Crippen molar-refractivity contribution in [3.8, 4) is 5.75 Å². The molecule has 0 radical (unpaired) electrons. The van der Waals surface area contributed by atoms with Gasteiger partial charge in [-0.25, -0.2) is 9.82 Å². The van der Waals surface area contributed by atoms with E-state index in [9.17, 15) is 9.18 Å². The molecule has 0 spiro atoms. The molecule has 2 unspecified atom stereocenters. The molecule has 3 rings (SSSR count). The van der Waals surface area contributed by atoms with Crippen LogP contribution in [0.1, 0.15) is 37.6 Å². The number of rotatable bonds is 7. The third-order valence-electron chi connectivity index (χ3n) is 4.18. The Morgan fingerprint density at radius 3 is 2.96 bits per heavy atom. The minimum absolute atomic E-state index is 0.0943. The molecule has 1 amide bonds. The van der Waals surface area contributed by atoms with Gasteiger partial charge in [-0.15, -0.1) is 0 Å². The van der Waals surface area contributed by atoms with Gasteiger partial charge in [-0.2, -0.15) is 0 Å². The zero-order valence-electron chi connectivity index (χ0n) is 14.8. The first-order valence-corrected chi connectivity index (χ1v) is 8.64. The van der Waals surface area contributed by atoms with Gasteiger partial charge in [-0.1, -0.05) is 31.1 Å². The maximum Gasteiger partial charge on any atom is 0.238 e. The Hall–Kier alpha value is -2.45. The van der Waals surface area contributed by atoms with E-state index in [1.807, 2.05) is 19.9 Å². The molecule has 8 heteroatoms. The Labute approximate surface area is 151 Å². The lowest BCUT2D eigenvalue weighted by Gasteiger charge is -2.12. The van der Waals surface area contributed by atoms with Gasteiger partial charge in [0, 0.05) is 6.07 Å². The lowest BCUT2D eigenvalue weighted by Crippen LogP contribution is -2.43. The molecule has 1 aromatic heterocycles. The van der Waals surface area contributed by atoms with Crippen molar-refractivity contribution in [1.29, 1.82) is 0 Å². The zero-order chi connectivity index (χ0) is 18.5. The van der Waals surface area contributed by atoms with Crippen LogP contribution in [0, 0.1) is 5.82 Å². The molecular weight excluding hydrogens is 339 g/mol. The number of hydrazine groups is 1. The van der Waals surface area contributed by atoms with E-state index in [4.69, 9.17) is 9.26 Å². The van der Waals surface area contributed by atoms with Gasteiger partial charge < -0.3 is 14.6 Å². The van der Waals surface area contributed by atoms with Crippen LogP contribution < -0.4 is 20.9 Å². The van der Waals surface area contributed by atoms with Crippen LogP contribution in [0.3, 0.4) is 0 Å². The SMILES string of the molecule is CC(C)c1cc(CNC(=O)C2CC(COc3ccccc3F)NN2)on1. The van der Waals surface area contributed by atoms with Crippen molar-refractivity contribution in [3.05, 3.63) is 47.6 Å². The topological polar surface area (TPSA) is 88.4 Å². The first kappa shape index (κ1) is 18.3. The van der Waals surface area contributed by atoms with Gasteiger partial charge in [0.15, 0.2) is 17.3 Å².